The average Bonchev–Trinajstić information content (AvgIpc) is 2.96. The van der Waals surface area contributed by atoms with Crippen molar-refractivity contribution in [1.29, 1.82) is 0 Å². The fourth-order valence-electron chi connectivity index (χ4n) is 1.74. The molecule has 4 nitrogen and oxygen atoms in total. The summed E-state index contributed by atoms with van der Waals surface area (Å²) in [5, 5.41) is 5.92. The maximum Gasteiger partial charge on any atom is 0.243 e. The third-order valence-electron chi connectivity index (χ3n) is 2.78. The quantitative estimate of drug-likeness (QED) is 0.629. The van der Waals surface area contributed by atoms with Crippen LogP contribution in [0.1, 0.15) is 17.8 Å². The summed E-state index contributed by atoms with van der Waals surface area (Å²) >= 11 is 1.66. The van der Waals surface area contributed by atoms with Crippen molar-refractivity contribution >= 4 is 17.2 Å². The van der Waals surface area contributed by atoms with E-state index in [0.717, 1.165) is 35.7 Å². The van der Waals surface area contributed by atoms with Crippen LogP contribution >= 0.6 is 11.3 Å². The van der Waals surface area contributed by atoms with Crippen molar-refractivity contribution in [3.63, 3.8) is 0 Å². The maximum atomic E-state index is 11.0. The third-order valence-corrected chi connectivity index (χ3v) is 3.69. The zero-order chi connectivity index (χ0) is 14.2. The zero-order valence-corrected chi connectivity index (χ0v) is 12.0. The Balaban J connectivity index is 1.76. The van der Waals surface area contributed by atoms with Gasteiger partial charge in [0, 0.05) is 18.1 Å². The molecule has 0 aromatic carbocycles. The minimum atomic E-state index is -0.114. The second kappa shape index (κ2) is 7.55. The molecule has 2 rings (SSSR count). The molecule has 0 atom stereocenters. The molecule has 0 radical (unpaired) electrons. The first-order chi connectivity index (χ1) is 9.79. The molecular formula is C15H17N3OS. The molecule has 20 heavy (non-hydrogen) atoms. The van der Waals surface area contributed by atoms with E-state index in [2.05, 4.69) is 21.9 Å². The second-order valence-corrected chi connectivity index (χ2v) is 5.24. The first-order valence-corrected chi connectivity index (χ1v) is 7.43. The van der Waals surface area contributed by atoms with Crippen molar-refractivity contribution in [3.05, 3.63) is 47.4 Å². The molecule has 0 aliphatic carbocycles. The summed E-state index contributed by atoms with van der Waals surface area (Å²) in [5.41, 5.74) is 1.85. The summed E-state index contributed by atoms with van der Waals surface area (Å²) < 4.78 is 0. The number of nitrogens with one attached hydrogen (secondary N) is 1. The summed E-state index contributed by atoms with van der Waals surface area (Å²) in [5.74, 6) is -0.114. The maximum absolute atomic E-state index is 11.0. The minimum absolute atomic E-state index is 0.114. The van der Waals surface area contributed by atoms with Crippen LogP contribution in [0, 0.1) is 0 Å². The Morgan fingerprint density at radius 1 is 1.35 bits per heavy atom. The number of carbonyl (C=O) groups is 1. The molecular weight excluding hydrogens is 270 g/mol. The summed E-state index contributed by atoms with van der Waals surface area (Å²) in [7, 11) is 0. The fourth-order valence-corrected chi connectivity index (χ4v) is 2.58. The van der Waals surface area contributed by atoms with Gasteiger partial charge in [0.05, 0.1) is 16.4 Å². The van der Waals surface area contributed by atoms with Gasteiger partial charge in [0.25, 0.3) is 0 Å². The number of aryl methyl sites for hydroxylation is 1. The predicted molar refractivity (Wildman–Crippen MR) is 81.5 cm³/mol. The van der Waals surface area contributed by atoms with Crippen molar-refractivity contribution in [2.75, 3.05) is 6.54 Å². The summed E-state index contributed by atoms with van der Waals surface area (Å²) in [6.45, 7) is 4.10. The van der Waals surface area contributed by atoms with Gasteiger partial charge in [-0.2, -0.15) is 0 Å². The SMILES string of the molecule is C=CC(=O)NCCCCc1nc(-c2ccccn2)cs1. The van der Waals surface area contributed by atoms with Crippen molar-refractivity contribution in [2.45, 2.75) is 19.3 Å². The van der Waals surface area contributed by atoms with Gasteiger partial charge < -0.3 is 5.32 Å². The number of carbonyl (C=O) groups excluding carboxylic acids is 1. The molecule has 2 aromatic rings. The van der Waals surface area contributed by atoms with Gasteiger partial charge >= 0.3 is 0 Å². The van der Waals surface area contributed by atoms with Crippen LogP contribution in [0.5, 0.6) is 0 Å². The topological polar surface area (TPSA) is 54.9 Å². The van der Waals surface area contributed by atoms with Crippen LogP contribution in [-0.4, -0.2) is 22.4 Å². The number of aromatic nitrogens is 2. The molecule has 0 unspecified atom stereocenters. The Morgan fingerprint density at radius 2 is 2.25 bits per heavy atom. The Morgan fingerprint density at radius 3 is 3.00 bits per heavy atom. The number of pyridine rings is 1. The molecule has 0 bridgehead atoms. The van der Waals surface area contributed by atoms with Crippen molar-refractivity contribution in [3.8, 4) is 11.4 Å². The van der Waals surface area contributed by atoms with Crippen LogP contribution in [0.3, 0.4) is 0 Å². The Labute approximate surface area is 122 Å². The van der Waals surface area contributed by atoms with E-state index in [1.165, 1.54) is 6.08 Å². The standard InChI is InChI=1S/C15H17N3OS/c1-2-14(19)17-10-6-4-8-15-18-13(11-20-15)12-7-3-5-9-16-12/h2-3,5,7,9,11H,1,4,6,8,10H2,(H,17,19). The summed E-state index contributed by atoms with van der Waals surface area (Å²) in [6.07, 6.45) is 5.95. The highest BCUT2D eigenvalue weighted by atomic mass is 32.1. The predicted octanol–water partition coefficient (Wildman–Crippen LogP) is 2.83. The number of rotatable bonds is 7. The average molecular weight is 287 g/mol. The van der Waals surface area contributed by atoms with Crippen LogP contribution < -0.4 is 5.32 Å². The van der Waals surface area contributed by atoms with E-state index in [-0.39, 0.29) is 5.91 Å². The smallest absolute Gasteiger partial charge is 0.243 e. The van der Waals surface area contributed by atoms with Crippen LogP contribution in [0.4, 0.5) is 0 Å². The highest BCUT2D eigenvalue weighted by Crippen LogP contribution is 2.20. The molecule has 0 saturated carbocycles. The third kappa shape index (κ3) is 4.28. The van der Waals surface area contributed by atoms with Crippen LogP contribution in [0.15, 0.2) is 42.4 Å². The Hall–Kier alpha value is -2.01. The first kappa shape index (κ1) is 14.4. The van der Waals surface area contributed by atoms with Gasteiger partial charge in [-0.3, -0.25) is 9.78 Å². The molecule has 2 heterocycles. The Bertz CT molecular complexity index is 566. The van der Waals surface area contributed by atoms with Gasteiger partial charge in [0.15, 0.2) is 0 Å². The number of hydrogen-bond donors (Lipinski definition) is 1. The van der Waals surface area contributed by atoms with E-state index >= 15 is 0 Å². The van der Waals surface area contributed by atoms with Crippen molar-refractivity contribution in [1.82, 2.24) is 15.3 Å². The normalized spacial score (nSPS) is 10.2. The minimum Gasteiger partial charge on any atom is -0.353 e. The van der Waals surface area contributed by atoms with Crippen molar-refractivity contribution in [2.24, 2.45) is 0 Å². The van der Waals surface area contributed by atoms with Gasteiger partial charge in [0.1, 0.15) is 0 Å². The van der Waals surface area contributed by atoms with E-state index < -0.39 is 0 Å². The van der Waals surface area contributed by atoms with Crippen LogP contribution in [-0.2, 0) is 11.2 Å². The molecule has 0 fully saturated rings. The fraction of sp³-hybridized carbons (Fsp3) is 0.267. The van der Waals surface area contributed by atoms with Crippen LogP contribution in [0.2, 0.25) is 0 Å². The molecule has 1 N–H and O–H groups in total. The van der Waals surface area contributed by atoms with E-state index in [1.807, 2.05) is 23.6 Å². The van der Waals surface area contributed by atoms with E-state index in [0.29, 0.717) is 6.54 Å². The van der Waals surface area contributed by atoms with Gasteiger partial charge in [-0.15, -0.1) is 11.3 Å². The molecule has 2 aromatic heterocycles. The lowest BCUT2D eigenvalue weighted by molar-refractivity contribution is -0.116. The van der Waals surface area contributed by atoms with Gasteiger partial charge in [0.2, 0.25) is 5.91 Å². The molecule has 0 spiro atoms. The monoisotopic (exact) mass is 287 g/mol. The molecule has 0 aliphatic rings. The highest BCUT2D eigenvalue weighted by molar-refractivity contribution is 7.09. The largest absolute Gasteiger partial charge is 0.353 e. The number of nitrogens with zero attached hydrogens (tertiary/aromatic N) is 2. The number of hydrogen-bond acceptors (Lipinski definition) is 4. The van der Waals surface area contributed by atoms with E-state index in [9.17, 15) is 4.79 Å². The summed E-state index contributed by atoms with van der Waals surface area (Å²) in [6, 6.07) is 5.82. The second-order valence-electron chi connectivity index (χ2n) is 4.29. The van der Waals surface area contributed by atoms with E-state index in [4.69, 9.17) is 0 Å². The van der Waals surface area contributed by atoms with Gasteiger partial charge in [-0.05, 0) is 37.5 Å². The highest BCUT2D eigenvalue weighted by Gasteiger charge is 2.05. The van der Waals surface area contributed by atoms with Crippen LogP contribution in [0.25, 0.3) is 11.4 Å². The van der Waals surface area contributed by atoms with Crippen molar-refractivity contribution < 1.29 is 4.79 Å². The lowest BCUT2D eigenvalue weighted by Gasteiger charge is -2.00. The van der Waals surface area contributed by atoms with E-state index in [1.54, 1.807) is 17.5 Å². The lowest BCUT2D eigenvalue weighted by atomic mass is 10.2. The van der Waals surface area contributed by atoms with Gasteiger partial charge in [-0.1, -0.05) is 12.6 Å². The molecule has 0 aliphatic heterocycles. The Kier molecular flexibility index (Phi) is 5.43. The van der Waals surface area contributed by atoms with Gasteiger partial charge in [-0.25, -0.2) is 4.98 Å². The lowest BCUT2D eigenvalue weighted by Crippen LogP contribution is -2.21. The molecule has 0 saturated heterocycles. The summed E-state index contributed by atoms with van der Waals surface area (Å²) in [4.78, 5) is 19.8. The number of thiazole rings is 1. The number of unbranched alkanes of at least 4 members (excludes halogenated alkanes) is 1. The first-order valence-electron chi connectivity index (χ1n) is 6.55. The number of amides is 1. The zero-order valence-electron chi connectivity index (χ0n) is 11.2. The molecule has 5 heteroatoms. The molecule has 104 valence electrons. The molecule has 1 amide bonds.